The number of hydrogen-bond acceptors (Lipinski definition) is 6. The summed E-state index contributed by atoms with van der Waals surface area (Å²) in [4.78, 5) is 12.3. The van der Waals surface area contributed by atoms with Crippen molar-refractivity contribution in [2.75, 3.05) is 39.6 Å². The largest absolute Gasteiger partial charge is 0.497 e. The third-order valence-corrected chi connectivity index (χ3v) is 5.84. The third kappa shape index (κ3) is 5.33. The Morgan fingerprint density at radius 1 is 1.15 bits per heavy atom. The topological polar surface area (TPSA) is 94.2 Å². The fourth-order valence-electron chi connectivity index (χ4n) is 2.82. The minimum absolute atomic E-state index is 0.0147. The van der Waals surface area contributed by atoms with Crippen LogP contribution in [0.3, 0.4) is 0 Å². The standard InChI is InChI=1S/C17H26N2O6S/c1-12-10-19(11-13(2)25-12)26(21,22)6-5-18-17(20)14-7-15(23-3)9-16(8-14)24-4/h7-9,12-13H,5-6,10-11H2,1-4H3,(H,18,20)/t12-,13-/m0/s1. The molecule has 1 aliphatic rings. The minimum atomic E-state index is -3.46. The summed E-state index contributed by atoms with van der Waals surface area (Å²) in [6.45, 7) is 4.36. The van der Waals surface area contributed by atoms with Crippen LogP contribution in [0.25, 0.3) is 0 Å². The molecular formula is C17H26N2O6S. The number of morpholine rings is 1. The second-order valence-electron chi connectivity index (χ2n) is 6.25. The van der Waals surface area contributed by atoms with Crippen LogP contribution in [-0.2, 0) is 14.8 Å². The van der Waals surface area contributed by atoms with Gasteiger partial charge in [0.25, 0.3) is 5.91 Å². The summed E-state index contributed by atoms with van der Waals surface area (Å²) in [5, 5.41) is 2.63. The number of hydrogen-bond donors (Lipinski definition) is 1. The van der Waals surface area contributed by atoms with Crippen molar-refractivity contribution < 1.29 is 27.4 Å². The molecule has 26 heavy (non-hydrogen) atoms. The van der Waals surface area contributed by atoms with E-state index in [9.17, 15) is 13.2 Å². The molecule has 1 heterocycles. The Labute approximate surface area is 154 Å². The summed E-state index contributed by atoms with van der Waals surface area (Å²) in [5.74, 6) is 0.414. The van der Waals surface area contributed by atoms with Crippen molar-refractivity contribution in [2.24, 2.45) is 0 Å². The minimum Gasteiger partial charge on any atom is -0.497 e. The SMILES string of the molecule is COc1cc(OC)cc(C(=O)NCCS(=O)(=O)N2C[C@H](C)O[C@@H](C)C2)c1. The van der Waals surface area contributed by atoms with Gasteiger partial charge in [-0.25, -0.2) is 8.42 Å². The lowest BCUT2D eigenvalue weighted by atomic mass is 10.2. The van der Waals surface area contributed by atoms with Crippen LogP contribution >= 0.6 is 0 Å². The number of amides is 1. The smallest absolute Gasteiger partial charge is 0.251 e. The highest BCUT2D eigenvalue weighted by Crippen LogP contribution is 2.22. The summed E-state index contributed by atoms with van der Waals surface area (Å²) in [7, 11) is -0.477. The molecule has 0 bridgehead atoms. The molecule has 0 saturated carbocycles. The molecule has 1 aromatic carbocycles. The quantitative estimate of drug-likeness (QED) is 0.747. The molecule has 1 fully saturated rings. The summed E-state index contributed by atoms with van der Waals surface area (Å²) < 4.78 is 42.2. The van der Waals surface area contributed by atoms with Crippen LogP contribution < -0.4 is 14.8 Å². The maximum Gasteiger partial charge on any atom is 0.251 e. The van der Waals surface area contributed by atoms with E-state index in [0.29, 0.717) is 30.2 Å². The van der Waals surface area contributed by atoms with Gasteiger partial charge in [0.2, 0.25) is 10.0 Å². The summed E-state index contributed by atoms with van der Waals surface area (Å²) in [5.41, 5.74) is 0.340. The first-order valence-corrected chi connectivity index (χ1v) is 10.0. The Kier molecular flexibility index (Phi) is 6.85. The Morgan fingerprint density at radius 2 is 1.69 bits per heavy atom. The lowest BCUT2D eigenvalue weighted by Gasteiger charge is -2.34. The van der Waals surface area contributed by atoms with Gasteiger partial charge in [0.15, 0.2) is 0 Å². The average Bonchev–Trinajstić information content (AvgIpc) is 2.60. The number of benzene rings is 1. The van der Waals surface area contributed by atoms with Crippen LogP contribution in [0.1, 0.15) is 24.2 Å². The fourth-order valence-corrected chi connectivity index (χ4v) is 4.31. The van der Waals surface area contributed by atoms with Crippen LogP contribution in [-0.4, -0.2) is 70.4 Å². The molecule has 0 unspecified atom stereocenters. The van der Waals surface area contributed by atoms with Gasteiger partial charge in [0, 0.05) is 31.3 Å². The Bertz CT molecular complexity index is 705. The van der Waals surface area contributed by atoms with Crippen LogP contribution in [0, 0.1) is 0 Å². The van der Waals surface area contributed by atoms with E-state index in [-0.39, 0.29) is 30.4 Å². The first-order chi connectivity index (χ1) is 12.2. The third-order valence-electron chi connectivity index (χ3n) is 4.04. The highest BCUT2D eigenvalue weighted by Gasteiger charge is 2.30. The van der Waals surface area contributed by atoms with Gasteiger partial charge in [-0.2, -0.15) is 4.31 Å². The molecule has 8 nitrogen and oxygen atoms in total. The van der Waals surface area contributed by atoms with Crippen LogP contribution in [0.5, 0.6) is 11.5 Å². The predicted molar refractivity (Wildman–Crippen MR) is 97.2 cm³/mol. The molecule has 0 spiro atoms. The van der Waals surface area contributed by atoms with Gasteiger partial charge >= 0.3 is 0 Å². The molecule has 1 saturated heterocycles. The number of carbonyl (C=O) groups is 1. The molecule has 1 aliphatic heterocycles. The monoisotopic (exact) mass is 386 g/mol. The molecule has 2 atom stereocenters. The zero-order valence-electron chi connectivity index (χ0n) is 15.5. The first-order valence-electron chi connectivity index (χ1n) is 8.39. The van der Waals surface area contributed by atoms with Crippen molar-refractivity contribution in [3.05, 3.63) is 23.8 Å². The van der Waals surface area contributed by atoms with Crippen LogP contribution in [0.4, 0.5) is 0 Å². The lowest BCUT2D eigenvalue weighted by molar-refractivity contribution is -0.0440. The van der Waals surface area contributed by atoms with E-state index in [0.717, 1.165) is 0 Å². The second-order valence-corrected chi connectivity index (χ2v) is 8.34. The van der Waals surface area contributed by atoms with Gasteiger partial charge in [-0.15, -0.1) is 0 Å². The normalized spacial score (nSPS) is 21.2. The summed E-state index contributed by atoms with van der Waals surface area (Å²) >= 11 is 0. The first kappa shape index (κ1) is 20.5. The zero-order valence-corrected chi connectivity index (χ0v) is 16.3. The maximum absolute atomic E-state index is 12.5. The van der Waals surface area contributed by atoms with E-state index in [1.807, 2.05) is 13.8 Å². The van der Waals surface area contributed by atoms with Crippen LogP contribution in [0.2, 0.25) is 0 Å². The van der Waals surface area contributed by atoms with Gasteiger partial charge in [0.05, 0.1) is 32.2 Å². The van der Waals surface area contributed by atoms with Crippen LogP contribution in [0.15, 0.2) is 18.2 Å². The number of carbonyl (C=O) groups excluding carboxylic acids is 1. The van der Waals surface area contributed by atoms with Gasteiger partial charge in [-0.05, 0) is 26.0 Å². The van der Waals surface area contributed by atoms with Gasteiger partial charge in [0.1, 0.15) is 11.5 Å². The van der Waals surface area contributed by atoms with E-state index in [2.05, 4.69) is 5.32 Å². The number of methoxy groups -OCH3 is 2. The van der Waals surface area contributed by atoms with Crippen molar-refractivity contribution in [3.63, 3.8) is 0 Å². The maximum atomic E-state index is 12.5. The molecule has 1 amide bonds. The Balaban J connectivity index is 1.95. The van der Waals surface area contributed by atoms with E-state index in [1.54, 1.807) is 18.2 Å². The molecule has 0 aromatic heterocycles. The lowest BCUT2D eigenvalue weighted by Crippen LogP contribution is -2.49. The van der Waals surface area contributed by atoms with E-state index in [1.165, 1.54) is 18.5 Å². The van der Waals surface area contributed by atoms with Crippen molar-refractivity contribution in [1.29, 1.82) is 0 Å². The number of sulfonamides is 1. The molecule has 1 aromatic rings. The van der Waals surface area contributed by atoms with E-state index >= 15 is 0 Å². The van der Waals surface area contributed by atoms with E-state index < -0.39 is 10.0 Å². The molecule has 0 aliphatic carbocycles. The van der Waals surface area contributed by atoms with Crippen molar-refractivity contribution in [3.8, 4) is 11.5 Å². The molecule has 0 radical (unpaired) electrons. The second kappa shape index (κ2) is 8.70. The Hall–Kier alpha value is -1.84. The summed E-state index contributed by atoms with van der Waals surface area (Å²) in [6.07, 6.45) is -0.292. The highest BCUT2D eigenvalue weighted by molar-refractivity contribution is 7.89. The molecular weight excluding hydrogens is 360 g/mol. The zero-order chi connectivity index (χ0) is 19.3. The van der Waals surface area contributed by atoms with Crippen molar-refractivity contribution >= 4 is 15.9 Å². The molecule has 1 N–H and O–H groups in total. The number of rotatable bonds is 7. The van der Waals surface area contributed by atoms with Gasteiger partial charge in [-0.1, -0.05) is 0 Å². The highest BCUT2D eigenvalue weighted by atomic mass is 32.2. The van der Waals surface area contributed by atoms with Crippen molar-refractivity contribution in [2.45, 2.75) is 26.1 Å². The number of nitrogens with one attached hydrogen (secondary N) is 1. The number of ether oxygens (including phenoxy) is 3. The summed E-state index contributed by atoms with van der Waals surface area (Å²) in [6, 6.07) is 4.79. The Morgan fingerprint density at radius 3 is 2.19 bits per heavy atom. The molecule has 9 heteroatoms. The number of nitrogens with zero attached hydrogens (tertiary/aromatic N) is 1. The average molecular weight is 386 g/mol. The predicted octanol–water partition coefficient (Wildman–Crippen LogP) is 0.873. The van der Waals surface area contributed by atoms with Crippen molar-refractivity contribution in [1.82, 2.24) is 9.62 Å². The molecule has 146 valence electrons. The van der Waals surface area contributed by atoms with E-state index in [4.69, 9.17) is 14.2 Å². The fraction of sp³-hybridized carbons (Fsp3) is 0.588. The van der Waals surface area contributed by atoms with Gasteiger partial charge in [-0.3, -0.25) is 4.79 Å². The molecule has 2 rings (SSSR count). The van der Waals surface area contributed by atoms with Gasteiger partial charge < -0.3 is 19.5 Å².